The summed E-state index contributed by atoms with van der Waals surface area (Å²) in [5.41, 5.74) is 12.6. The number of fused-ring (bicyclic) bond motifs is 3. The number of hydrogen-bond acceptors (Lipinski definition) is 4. The number of aryl methyl sites for hydroxylation is 3. The van der Waals surface area contributed by atoms with Gasteiger partial charge in [0, 0.05) is 43.4 Å². The first kappa shape index (κ1) is 34.4. The molecule has 0 N–H and O–H groups in total. The van der Waals surface area contributed by atoms with Crippen molar-refractivity contribution in [1.82, 2.24) is 15.0 Å². The molecule has 2 unspecified atom stereocenters. The molecule has 1 aliphatic carbocycles. The topological polar surface area (TPSA) is 51.8 Å². The molecule has 2 atom stereocenters. The van der Waals surface area contributed by atoms with Crippen LogP contribution in [0.15, 0.2) is 108 Å². The van der Waals surface area contributed by atoms with Crippen molar-refractivity contribution in [2.75, 3.05) is 0 Å². The maximum atomic E-state index is 6.45. The standard InChI is InChI=1S/C33H33N2O.C11H8N.Ir/c1-19-14-20(2)16-24(15-19)28-17-30(34-18-23(28)5)27-11-7-10-25-26-12-13-29(35-33(26)36-32(25)27)31-21(3)8-6-9-22(31)4;1-2-6-10(7-3-1)11-8-4-5-9-12-11;/h6-10,12-13,17-20,24H,14-16H2,1-5H3;1-6,8-9H;/q2*-1;. The Morgan fingerprint density at radius 2 is 1.45 bits per heavy atom. The van der Waals surface area contributed by atoms with Crippen LogP contribution < -0.4 is 0 Å². The van der Waals surface area contributed by atoms with Crippen LogP contribution in [0.4, 0.5) is 0 Å². The van der Waals surface area contributed by atoms with Gasteiger partial charge in [0.15, 0.2) is 0 Å². The van der Waals surface area contributed by atoms with Gasteiger partial charge in [0.05, 0.1) is 11.3 Å². The average Bonchev–Trinajstić information content (AvgIpc) is 3.47. The van der Waals surface area contributed by atoms with Gasteiger partial charge >= 0.3 is 0 Å². The van der Waals surface area contributed by atoms with Crippen LogP contribution in [0, 0.1) is 44.7 Å². The Labute approximate surface area is 303 Å². The molecule has 4 nitrogen and oxygen atoms in total. The molecule has 0 amide bonds. The summed E-state index contributed by atoms with van der Waals surface area (Å²) in [4.78, 5) is 14.0. The van der Waals surface area contributed by atoms with E-state index in [-0.39, 0.29) is 20.1 Å². The van der Waals surface area contributed by atoms with E-state index in [4.69, 9.17) is 14.4 Å². The Morgan fingerprint density at radius 1 is 0.673 bits per heavy atom. The zero-order valence-electron chi connectivity index (χ0n) is 28.8. The zero-order chi connectivity index (χ0) is 33.2. The quantitative estimate of drug-likeness (QED) is 0.166. The third-order valence-electron chi connectivity index (χ3n) is 9.71. The van der Waals surface area contributed by atoms with Gasteiger partial charge in [0.1, 0.15) is 0 Å². The normalized spacial score (nSPS) is 17.3. The molecular formula is C44H41IrN3O-2. The molecule has 0 spiro atoms. The van der Waals surface area contributed by atoms with Gasteiger partial charge in [-0.2, -0.15) is 0 Å². The number of pyridine rings is 3. The summed E-state index contributed by atoms with van der Waals surface area (Å²) in [6.07, 6.45) is 7.64. The van der Waals surface area contributed by atoms with E-state index < -0.39 is 0 Å². The molecule has 4 aromatic heterocycles. The van der Waals surface area contributed by atoms with Crippen molar-refractivity contribution in [2.45, 2.75) is 59.8 Å². The first-order valence-corrected chi connectivity index (χ1v) is 17.0. The molecule has 1 radical (unpaired) electrons. The summed E-state index contributed by atoms with van der Waals surface area (Å²) in [5.74, 6) is 2.11. The van der Waals surface area contributed by atoms with E-state index in [1.165, 1.54) is 47.1 Å². The fourth-order valence-electron chi connectivity index (χ4n) is 7.56. The summed E-state index contributed by atoms with van der Waals surface area (Å²) in [5, 5.41) is 2.08. The van der Waals surface area contributed by atoms with E-state index in [2.05, 4.69) is 94.2 Å². The smallest absolute Gasteiger partial charge is 0.216 e. The van der Waals surface area contributed by atoms with Crippen molar-refractivity contribution in [3.63, 3.8) is 0 Å². The van der Waals surface area contributed by atoms with Gasteiger partial charge in [-0.15, -0.1) is 54.1 Å². The van der Waals surface area contributed by atoms with Crippen molar-refractivity contribution in [1.29, 1.82) is 0 Å². The van der Waals surface area contributed by atoms with Crippen LogP contribution in [0.2, 0.25) is 0 Å². The van der Waals surface area contributed by atoms with Gasteiger partial charge in [-0.25, -0.2) is 4.98 Å². The molecule has 3 aromatic carbocycles. The number of aromatic nitrogens is 3. The molecule has 249 valence electrons. The largest absolute Gasteiger partial charge is 0.486 e. The molecule has 5 heteroatoms. The molecular weight excluding hydrogens is 779 g/mol. The minimum absolute atomic E-state index is 0. The van der Waals surface area contributed by atoms with Crippen molar-refractivity contribution in [3.05, 3.63) is 138 Å². The molecule has 8 rings (SSSR count). The second-order valence-corrected chi connectivity index (χ2v) is 13.5. The Morgan fingerprint density at radius 3 is 2.16 bits per heavy atom. The van der Waals surface area contributed by atoms with Gasteiger partial charge in [0.2, 0.25) is 5.71 Å². The number of nitrogens with zero attached hydrogens (tertiary/aromatic N) is 3. The number of hydrogen-bond donors (Lipinski definition) is 0. The summed E-state index contributed by atoms with van der Waals surface area (Å²) < 4.78 is 6.45. The first-order valence-electron chi connectivity index (χ1n) is 17.0. The SMILES string of the molecule is Cc1cnc(-c2[c-]ccc3c2oc2nc(-c4c(C)cccc4C)ccc23)cc1C1CC(C)CC(C)C1.[Ir].[c-]1ccccc1-c1ccccn1. The second kappa shape index (κ2) is 15.0. The Bertz CT molecular complexity index is 2120. The van der Waals surface area contributed by atoms with Crippen molar-refractivity contribution in [2.24, 2.45) is 11.8 Å². The summed E-state index contributed by atoms with van der Waals surface area (Å²) in [7, 11) is 0. The number of furan rings is 1. The molecule has 1 aliphatic rings. The van der Waals surface area contributed by atoms with E-state index >= 15 is 0 Å². The van der Waals surface area contributed by atoms with Gasteiger partial charge in [-0.1, -0.05) is 61.2 Å². The van der Waals surface area contributed by atoms with Crippen LogP contribution in [0.1, 0.15) is 61.3 Å². The third-order valence-corrected chi connectivity index (χ3v) is 9.71. The van der Waals surface area contributed by atoms with Gasteiger partial charge < -0.3 is 14.4 Å². The van der Waals surface area contributed by atoms with E-state index in [1.54, 1.807) is 6.20 Å². The van der Waals surface area contributed by atoms with Crippen LogP contribution in [0.3, 0.4) is 0 Å². The Kier molecular flexibility index (Phi) is 10.5. The molecule has 4 heterocycles. The Balaban J connectivity index is 0.000000270. The molecule has 0 aliphatic heterocycles. The van der Waals surface area contributed by atoms with Crippen molar-refractivity contribution < 1.29 is 24.5 Å². The summed E-state index contributed by atoms with van der Waals surface area (Å²) in [6, 6.07) is 37.2. The molecule has 0 saturated heterocycles. The molecule has 7 aromatic rings. The summed E-state index contributed by atoms with van der Waals surface area (Å²) in [6.45, 7) is 11.2. The number of benzene rings is 3. The van der Waals surface area contributed by atoms with Gasteiger partial charge in [0.25, 0.3) is 0 Å². The molecule has 49 heavy (non-hydrogen) atoms. The predicted molar refractivity (Wildman–Crippen MR) is 197 cm³/mol. The van der Waals surface area contributed by atoms with Crippen molar-refractivity contribution >= 4 is 22.1 Å². The Hall–Kier alpha value is -4.44. The minimum Gasteiger partial charge on any atom is -0.486 e. The van der Waals surface area contributed by atoms with Crippen LogP contribution in [0.5, 0.6) is 0 Å². The number of rotatable bonds is 4. The van der Waals surface area contributed by atoms with Gasteiger partial charge in [-0.3, -0.25) is 0 Å². The maximum Gasteiger partial charge on any atom is 0.216 e. The summed E-state index contributed by atoms with van der Waals surface area (Å²) >= 11 is 0. The predicted octanol–water partition coefficient (Wildman–Crippen LogP) is 11.5. The zero-order valence-corrected chi connectivity index (χ0v) is 31.1. The van der Waals surface area contributed by atoms with E-state index in [9.17, 15) is 0 Å². The van der Waals surface area contributed by atoms with E-state index in [0.717, 1.165) is 56.4 Å². The van der Waals surface area contributed by atoms with E-state index in [1.807, 2.05) is 54.7 Å². The molecule has 0 bridgehead atoms. The fraction of sp³-hybridized carbons (Fsp3) is 0.250. The maximum absolute atomic E-state index is 6.45. The van der Waals surface area contributed by atoms with Gasteiger partial charge in [-0.05, 0) is 110 Å². The van der Waals surface area contributed by atoms with Crippen LogP contribution in [0.25, 0.3) is 55.8 Å². The van der Waals surface area contributed by atoms with E-state index in [0.29, 0.717) is 11.6 Å². The molecule has 1 fully saturated rings. The van der Waals surface area contributed by atoms with Crippen molar-refractivity contribution in [3.8, 4) is 33.8 Å². The minimum atomic E-state index is 0. The van der Waals surface area contributed by atoms with Crippen LogP contribution >= 0.6 is 0 Å². The first-order chi connectivity index (χ1) is 23.4. The average molecular weight is 820 g/mol. The van der Waals surface area contributed by atoms with Crippen LogP contribution in [-0.4, -0.2) is 15.0 Å². The second-order valence-electron chi connectivity index (χ2n) is 13.5. The third kappa shape index (κ3) is 7.29. The van der Waals surface area contributed by atoms with Crippen LogP contribution in [-0.2, 0) is 20.1 Å². The monoisotopic (exact) mass is 820 g/mol. The fourth-order valence-corrected chi connectivity index (χ4v) is 7.56. The molecule has 1 saturated carbocycles.